The maximum absolute atomic E-state index is 8.85. The third-order valence-electron chi connectivity index (χ3n) is 2.90. The fraction of sp³-hybridized carbons (Fsp3) is 0.636. The first-order valence-corrected chi connectivity index (χ1v) is 5.68. The van der Waals surface area contributed by atoms with Crippen LogP contribution in [-0.2, 0) is 0 Å². The fourth-order valence-electron chi connectivity index (χ4n) is 1.90. The Morgan fingerprint density at radius 3 is 2.50 bits per heavy atom. The Morgan fingerprint density at radius 2 is 1.94 bits per heavy atom. The van der Waals surface area contributed by atoms with Crippen molar-refractivity contribution in [1.29, 1.82) is 0 Å². The number of aliphatic hydroxyl groups is 1. The van der Waals surface area contributed by atoms with Crippen molar-refractivity contribution in [3.63, 3.8) is 0 Å². The summed E-state index contributed by atoms with van der Waals surface area (Å²) in [7, 11) is 0. The number of aromatic nitrogens is 2. The molecular weight excluding hydrogens is 204 g/mol. The fourth-order valence-corrected chi connectivity index (χ4v) is 1.90. The minimum absolute atomic E-state index is 0.240. The summed E-state index contributed by atoms with van der Waals surface area (Å²) in [6.45, 7) is 6.83. The summed E-state index contributed by atoms with van der Waals surface area (Å²) in [6.07, 6.45) is 0. The van der Waals surface area contributed by atoms with Crippen LogP contribution in [0.2, 0.25) is 0 Å². The zero-order valence-electron chi connectivity index (χ0n) is 9.63. The van der Waals surface area contributed by atoms with Gasteiger partial charge in [0.2, 0.25) is 0 Å². The Labute approximate surface area is 95.7 Å². The second kappa shape index (κ2) is 5.23. The number of aryl methyl sites for hydroxylation is 1. The average molecular weight is 222 g/mol. The van der Waals surface area contributed by atoms with Gasteiger partial charge in [-0.15, -0.1) is 5.10 Å². The van der Waals surface area contributed by atoms with E-state index in [4.69, 9.17) is 5.11 Å². The molecule has 0 atom stereocenters. The Hall–Kier alpha value is -1.20. The number of anilines is 1. The van der Waals surface area contributed by atoms with Crippen molar-refractivity contribution in [2.24, 2.45) is 0 Å². The van der Waals surface area contributed by atoms with Gasteiger partial charge < -0.3 is 10.0 Å². The van der Waals surface area contributed by atoms with Gasteiger partial charge in [-0.3, -0.25) is 4.90 Å². The summed E-state index contributed by atoms with van der Waals surface area (Å²) in [5.74, 6) is 0.953. The first-order chi connectivity index (χ1) is 7.79. The van der Waals surface area contributed by atoms with E-state index in [2.05, 4.69) is 20.0 Å². The first kappa shape index (κ1) is 11.3. The van der Waals surface area contributed by atoms with Gasteiger partial charge in [0.15, 0.2) is 5.82 Å². The van der Waals surface area contributed by atoms with Crippen LogP contribution in [0.4, 0.5) is 5.82 Å². The second-order valence-electron chi connectivity index (χ2n) is 4.09. The summed E-state index contributed by atoms with van der Waals surface area (Å²) >= 11 is 0. The molecule has 2 heterocycles. The van der Waals surface area contributed by atoms with Gasteiger partial charge in [0, 0.05) is 32.7 Å². The summed E-state index contributed by atoms with van der Waals surface area (Å²) in [5, 5.41) is 17.1. The topological polar surface area (TPSA) is 52.5 Å². The zero-order valence-corrected chi connectivity index (χ0v) is 9.63. The predicted octanol–water partition coefficient (Wildman–Crippen LogP) is -0.101. The van der Waals surface area contributed by atoms with Gasteiger partial charge in [0.25, 0.3) is 0 Å². The smallest absolute Gasteiger partial charge is 0.151 e. The minimum atomic E-state index is 0.240. The molecule has 16 heavy (non-hydrogen) atoms. The monoisotopic (exact) mass is 222 g/mol. The molecule has 0 spiro atoms. The van der Waals surface area contributed by atoms with Crippen LogP contribution in [0.3, 0.4) is 0 Å². The molecule has 0 unspecified atom stereocenters. The SMILES string of the molecule is Cc1ccc(N2CCN(CCO)CC2)nn1. The van der Waals surface area contributed by atoms with E-state index in [-0.39, 0.29) is 6.61 Å². The van der Waals surface area contributed by atoms with Gasteiger partial charge >= 0.3 is 0 Å². The molecule has 0 amide bonds. The van der Waals surface area contributed by atoms with Gasteiger partial charge in [0.05, 0.1) is 12.3 Å². The lowest BCUT2D eigenvalue weighted by atomic mass is 10.3. The first-order valence-electron chi connectivity index (χ1n) is 5.68. The van der Waals surface area contributed by atoms with Crippen LogP contribution in [0, 0.1) is 6.92 Å². The molecule has 2 rings (SSSR count). The molecule has 5 nitrogen and oxygen atoms in total. The summed E-state index contributed by atoms with van der Waals surface area (Å²) < 4.78 is 0. The highest BCUT2D eigenvalue weighted by Crippen LogP contribution is 2.12. The standard InChI is InChI=1S/C11H18N4O/c1-10-2-3-11(13-12-10)15-6-4-14(5-7-15)8-9-16/h2-3,16H,4-9H2,1H3. The van der Waals surface area contributed by atoms with Gasteiger partial charge in [-0.1, -0.05) is 0 Å². The van der Waals surface area contributed by atoms with Crippen molar-refractivity contribution in [1.82, 2.24) is 15.1 Å². The van der Waals surface area contributed by atoms with E-state index < -0.39 is 0 Å². The third kappa shape index (κ3) is 2.68. The van der Waals surface area contributed by atoms with Crippen molar-refractivity contribution in [2.45, 2.75) is 6.92 Å². The van der Waals surface area contributed by atoms with E-state index in [0.29, 0.717) is 0 Å². The van der Waals surface area contributed by atoms with Crippen LogP contribution in [0.25, 0.3) is 0 Å². The Kier molecular flexibility index (Phi) is 3.69. The predicted molar refractivity (Wildman–Crippen MR) is 62.5 cm³/mol. The van der Waals surface area contributed by atoms with Gasteiger partial charge in [-0.25, -0.2) is 0 Å². The van der Waals surface area contributed by atoms with Crippen molar-refractivity contribution < 1.29 is 5.11 Å². The van der Waals surface area contributed by atoms with E-state index >= 15 is 0 Å². The molecule has 5 heteroatoms. The molecule has 88 valence electrons. The van der Waals surface area contributed by atoms with Gasteiger partial charge in [-0.2, -0.15) is 5.10 Å². The summed E-state index contributed by atoms with van der Waals surface area (Å²) in [4.78, 5) is 4.50. The van der Waals surface area contributed by atoms with E-state index in [0.717, 1.165) is 44.2 Å². The quantitative estimate of drug-likeness (QED) is 0.774. The summed E-state index contributed by atoms with van der Waals surface area (Å²) in [6, 6.07) is 4.01. The third-order valence-corrected chi connectivity index (χ3v) is 2.90. The molecule has 0 aliphatic carbocycles. The number of rotatable bonds is 3. The van der Waals surface area contributed by atoms with Crippen LogP contribution in [0.5, 0.6) is 0 Å². The van der Waals surface area contributed by atoms with Crippen LogP contribution in [0.1, 0.15) is 5.69 Å². The Balaban J connectivity index is 1.91. The molecule has 1 saturated heterocycles. The average Bonchev–Trinajstić information content (AvgIpc) is 2.32. The number of aliphatic hydroxyl groups excluding tert-OH is 1. The van der Waals surface area contributed by atoms with Crippen LogP contribution >= 0.6 is 0 Å². The molecule has 0 aromatic carbocycles. The van der Waals surface area contributed by atoms with Crippen molar-refractivity contribution in [3.8, 4) is 0 Å². The van der Waals surface area contributed by atoms with Crippen molar-refractivity contribution in [2.75, 3.05) is 44.2 Å². The molecule has 1 aromatic rings. The molecule has 1 N–H and O–H groups in total. The summed E-state index contributed by atoms with van der Waals surface area (Å²) in [5.41, 5.74) is 0.947. The van der Waals surface area contributed by atoms with Crippen molar-refractivity contribution in [3.05, 3.63) is 17.8 Å². The highest BCUT2D eigenvalue weighted by molar-refractivity contribution is 5.37. The largest absolute Gasteiger partial charge is 0.395 e. The molecule has 0 bridgehead atoms. The van der Waals surface area contributed by atoms with E-state index in [1.54, 1.807) is 0 Å². The van der Waals surface area contributed by atoms with E-state index in [1.165, 1.54) is 0 Å². The normalized spacial score (nSPS) is 17.8. The van der Waals surface area contributed by atoms with Crippen LogP contribution in [0.15, 0.2) is 12.1 Å². The van der Waals surface area contributed by atoms with E-state index in [9.17, 15) is 0 Å². The molecule has 1 aliphatic heterocycles. The molecule has 1 aromatic heterocycles. The number of β-amino-alcohol motifs (C(OH)–C–C–N with tert-alkyl or cyclic N) is 1. The highest BCUT2D eigenvalue weighted by atomic mass is 16.3. The lowest BCUT2D eigenvalue weighted by Crippen LogP contribution is -2.47. The van der Waals surface area contributed by atoms with Crippen LogP contribution in [-0.4, -0.2) is 59.5 Å². The molecule has 0 saturated carbocycles. The maximum atomic E-state index is 8.85. The molecule has 1 aliphatic rings. The highest BCUT2D eigenvalue weighted by Gasteiger charge is 2.17. The number of hydrogen-bond acceptors (Lipinski definition) is 5. The lowest BCUT2D eigenvalue weighted by molar-refractivity contribution is 0.188. The molecule has 0 radical (unpaired) electrons. The Bertz CT molecular complexity index is 319. The molecular formula is C11H18N4O. The number of hydrogen-bond donors (Lipinski definition) is 1. The lowest BCUT2D eigenvalue weighted by Gasteiger charge is -2.34. The number of piperazine rings is 1. The number of nitrogens with zero attached hydrogens (tertiary/aromatic N) is 4. The van der Waals surface area contributed by atoms with Crippen LogP contribution < -0.4 is 4.90 Å². The maximum Gasteiger partial charge on any atom is 0.151 e. The zero-order chi connectivity index (χ0) is 11.4. The van der Waals surface area contributed by atoms with Crippen molar-refractivity contribution >= 4 is 5.82 Å². The van der Waals surface area contributed by atoms with E-state index in [1.807, 2.05) is 19.1 Å². The second-order valence-corrected chi connectivity index (χ2v) is 4.09. The van der Waals surface area contributed by atoms with Gasteiger partial charge in [-0.05, 0) is 19.1 Å². The van der Waals surface area contributed by atoms with Gasteiger partial charge in [0.1, 0.15) is 0 Å². The Morgan fingerprint density at radius 1 is 1.19 bits per heavy atom. The molecule has 1 fully saturated rings. The minimum Gasteiger partial charge on any atom is -0.395 e.